The summed E-state index contributed by atoms with van der Waals surface area (Å²) in [7, 11) is 0.132. The van der Waals surface area contributed by atoms with Crippen molar-refractivity contribution in [3.8, 4) is 0 Å². The van der Waals surface area contributed by atoms with E-state index in [-0.39, 0.29) is 7.92 Å². The second-order valence-corrected chi connectivity index (χ2v) is 9.12. The Balaban J connectivity index is 1.99. The molecule has 0 N–H and O–H groups in total. The first-order valence-electron chi connectivity index (χ1n) is 6.47. The van der Waals surface area contributed by atoms with Crippen LogP contribution in [0.4, 0.5) is 0 Å². The largest absolute Gasteiger partial charge is 0.104 e. The van der Waals surface area contributed by atoms with Gasteiger partial charge in [-0.05, 0) is 47.5 Å². The highest BCUT2D eigenvalue weighted by Crippen LogP contribution is 2.47. The Morgan fingerprint density at radius 3 is 2.59 bits per heavy atom. The van der Waals surface area contributed by atoms with E-state index in [2.05, 4.69) is 57.8 Å². The van der Waals surface area contributed by atoms with E-state index in [0.29, 0.717) is 5.16 Å². The molecule has 92 valence electrons. The maximum Gasteiger partial charge on any atom is -0.00854 e. The first kappa shape index (κ1) is 12.8. The molecule has 1 aliphatic carbocycles. The van der Waals surface area contributed by atoms with E-state index >= 15 is 0 Å². The van der Waals surface area contributed by atoms with E-state index in [4.69, 9.17) is 0 Å². The van der Waals surface area contributed by atoms with Gasteiger partial charge in [0.25, 0.3) is 0 Å². The van der Waals surface area contributed by atoms with E-state index in [1.165, 1.54) is 23.7 Å². The molecule has 0 spiro atoms. The average molecular weight is 246 g/mol. The van der Waals surface area contributed by atoms with Gasteiger partial charge in [0.15, 0.2) is 0 Å². The Hall–Kier alpha value is -0.610. The topological polar surface area (TPSA) is 0 Å². The molecule has 0 saturated heterocycles. The zero-order valence-electron chi connectivity index (χ0n) is 11.5. The molecular weight excluding hydrogens is 223 g/mol. The highest BCUT2D eigenvalue weighted by molar-refractivity contribution is 7.58. The van der Waals surface area contributed by atoms with Crippen LogP contribution in [0.1, 0.15) is 38.3 Å². The van der Waals surface area contributed by atoms with Gasteiger partial charge in [0.2, 0.25) is 0 Å². The predicted octanol–water partition coefficient (Wildman–Crippen LogP) is 4.93. The zero-order chi connectivity index (χ0) is 12.5. The number of fused-ring (bicyclic) bond motifs is 1. The van der Waals surface area contributed by atoms with Crippen LogP contribution in [0.2, 0.25) is 0 Å². The van der Waals surface area contributed by atoms with Gasteiger partial charge in [-0.15, -0.1) is 7.92 Å². The summed E-state index contributed by atoms with van der Waals surface area (Å²) in [5.41, 5.74) is 4.60. The first-order valence-corrected chi connectivity index (χ1v) is 8.44. The Morgan fingerprint density at radius 2 is 1.88 bits per heavy atom. The van der Waals surface area contributed by atoms with Gasteiger partial charge in [0.05, 0.1) is 0 Å². The van der Waals surface area contributed by atoms with Gasteiger partial charge in [0.1, 0.15) is 0 Å². The molecule has 1 atom stereocenters. The minimum absolute atomic E-state index is 0.132. The molecule has 1 aromatic carbocycles. The Kier molecular flexibility index (Phi) is 3.73. The molecule has 1 heteroatoms. The molecule has 0 radical (unpaired) electrons. The molecule has 0 bridgehead atoms. The summed E-state index contributed by atoms with van der Waals surface area (Å²) in [6.07, 6.45) is 6.19. The van der Waals surface area contributed by atoms with Crippen molar-refractivity contribution >= 4 is 13.5 Å². The lowest BCUT2D eigenvalue weighted by Crippen LogP contribution is -2.12. The number of hydrogen-bond donors (Lipinski definition) is 0. The van der Waals surface area contributed by atoms with Crippen molar-refractivity contribution in [2.24, 2.45) is 0 Å². The monoisotopic (exact) mass is 246 g/mol. The summed E-state index contributed by atoms with van der Waals surface area (Å²) in [5, 5.41) is 0.494. The molecule has 0 heterocycles. The fourth-order valence-electron chi connectivity index (χ4n) is 2.21. The van der Waals surface area contributed by atoms with Crippen molar-refractivity contribution in [2.75, 3.05) is 12.8 Å². The van der Waals surface area contributed by atoms with Crippen LogP contribution >= 0.6 is 7.92 Å². The summed E-state index contributed by atoms with van der Waals surface area (Å²) in [5.74, 6) is 0. The van der Waals surface area contributed by atoms with Gasteiger partial charge in [-0.2, -0.15) is 0 Å². The summed E-state index contributed by atoms with van der Waals surface area (Å²) in [4.78, 5) is 0. The van der Waals surface area contributed by atoms with Gasteiger partial charge in [-0.3, -0.25) is 0 Å². The molecule has 0 aliphatic heterocycles. The number of allylic oxidation sites excluding steroid dienone is 2. The molecule has 1 unspecified atom stereocenters. The Labute approximate surface area is 107 Å². The van der Waals surface area contributed by atoms with Crippen LogP contribution in [-0.2, 0) is 6.42 Å². The van der Waals surface area contributed by atoms with Crippen molar-refractivity contribution in [1.29, 1.82) is 0 Å². The van der Waals surface area contributed by atoms with Crippen molar-refractivity contribution in [1.82, 2.24) is 0 Å². The normalized spacial score (nSPS) is 16.6. The molecule has 2 rings (SSSR count). The van der Waals surface area contributed by atoms with Crippen LogP contribution in [0.25, 0.3) is 5.57 Å². The van der Waals surface area contributed by atoms with Crippen LogP contribution in [0.15, 0.2) is 30.3 Å². The van der Waals surface area contributed by atoms with Crippen molar-refractivity contribution < 1.29 is 0 Å². The summed E-state index contributed by atoms with van der Waals surface area (Å²) in [6.45, 7) is 9.55. The number of rotatable bonds is 3. The molecule has 17 heavy (non-hydrogen) atoms. The van der Waals surface area contributed by atoms with Gasteiger partial charge in [0, 0.05) is 0 Å². The smallest absolute Gasteiger partial charge is 0.00854 e. The minimum atomic E-state index is 0.132. The molecule has 1 aromatic rings. The average Bonchev–Trinajstić information content (AvgIpc) is 2.68. The summed E-state index contributed by atoms with van der Waals surface area (Å²) >= 11 is 0. The predicted molar refractivity (Wildman–Crippen MR) is 80.2 cm³/mol. The molecule has 0 saturated carbocycles. The Morgan fingerprint density at radius 1 is 1.18 bits per heavy atom. The standard InChI is InChI=1S/C16H23P/c1-16(2,3)17(4)12-11-14-10-9-13-7-5-6-8-15(13)14/h5-8,10H,9,11-12H2,1-4H3. The first-order chi connectivity index (χ1) is 7.98. The second kappa shape index (κ2) is 4.94. The third-order valence-corrected chi connectivity index (χ3v) is 6.98. The number of hydrogen-bond acceptors (Lipinski definition) is 0. The Bertz CT molecular complexity index is 423. The fraction of sp³-hybridized carbons (Fsp3) is 0.500. The van der Waals surface area contributed by atoms with Gasteiger partial charge in [-0.1, -0.05) is 51.1 Å². The van der Waals surface area contributed by atoms with Crippen LogP contribution in [0.3, 0.4) is 0 Å². The summed E-state index contributed by atoms with van der Waals surface area (Å²) in [6, 6.07) is 8.86. The van der Waals surface area contributed by atoms with E-state index in [9.17, 15) is 0 Å². The number of benzene rings is 1. The highest BCUT2D eigenvalue weighted by atomic mass is 31.1. The summed E-state index contributed by atoms with van der Waals surface area (Å²) < 4.78 is 0. The van der Waals surface area contributed by atoms with E-state index in [0.717, 1.165) is 6.42 Å². The minimum Gasteiger partial charge on any atom is -0.104 e. The van der Waals surface area contributed by atoms with Gasteiger partial charge >= 0.3 is 0 Å². The van der Waals surface area contributed by atoms with E-state index in [1.807, 2.05) is 0 Å². The molecule has 1 aliphatic rings. The quantitative estimate of drug-likeness (QED) is 0.664. The van der Waals surface area contributed by atoms with Crippen molar-refractivity contribution in [2.45, 2.75) is 38.8 Å². The molecule has 0 amide bonds. The SMILES string of the molecule is CP(CCC1=CCc2ccccc21)C(C)(C)C. The van der Waals surface area contributed by atoms with Crippen LogP contribution in [0, 0.1) is 0 Å². The molecule has 0 aromatic heterocycles. The zero-order valence-corrected chi connectivity index (χ0v) is 12.3. The van der Waals surface area contributed by atoms with Crippen LogP contribution < -0.4 is 0 Å². The lowest BCUT2D eigenvalue weighted by molar-refractivity contribution is 0.783. The highest BCUT2D eigenvalue weighted by Gasteiger charge is 2.20. The van der Waals surface area contributed by atoms with Crippen LogP contribution in [0.5, 0.6) is 0 Å². The van der Waals surface area contributed by atoms with E-state index in [1.54, 1.807) is 5.57 Å². The third-order valence-electron chi connectivity index (χ3n) is 3.79. The third kappa shape index (κ3) is 2.99. The van der Waals surface area contributed by atoms with Crippen molar-refractivity contribution in [3.05, 3.63) is 41.5 Å². The maximum absolute atomic E-state index is 2.44. The van der Waals surface area contributed by atoms with Gasteiger partial charge < -0.3 is 0 Å². The lowest BCUT2D eigenvalue weighted by atomic mass is 10.0. The molecular formula is C16H23P. The van der Waals surface area contributed by atoms with E-state index < -0.39 is 0 Å². The maximum atomic E-state index is 2.44. The molecule has 0 fully saturated rings. The second-order valence-electron chi connectivity index (χ2n) is 5.93. The fourth-order valence-corrected chi connectivity index (χ4v) is 3.46. The van der Waals surface area contributed by atoms with Crippen LogP contribution in [-0.4, -0.2) is 18.0 Å². The van der Waals surface area contributed by atoms with Crippen molar-refractivity contribution in [3.63, 3.8) is 0 Å². The van der Waals surface area contributed by atoms with Gasteiger partial charge in [-0.25, -0.2) is 0 Å². The molecule has 0 nitrogen and oxygen atoms in total. The lowest BCUT2D eigenvalue weighted by Gasteiger charge is -2.28.